The highest BCUT2D eigenvalue weighted by atomic mass is 32.1. The van der Waals surface area contributed by atoms with Gasteiger partial charge in [0.15, 0.2) is 0 Å². The Bertz CT molecular complexity index is 795. The van der Waals surface area contributed by atoms with Crippen molar-refractivity contribution >= 4 is 17.4 Å². The highest BCUT2D eigenvalue weighted by molar-refractivity contribution is 7.07. The van der Waals surface area contributed by atoms with Crippen molar-refractivity contribution in [2.24, 2.45) is 0 Å². The molecule has 28 heavy (non-hydrogen) atoms. The van der Waals surface area contributed by atoms with Crippen molar-refractivity contribution in [2.45, 2.75) is 56.1 Å². The molecule has 0 radical (unpaired) electrons. The van der Waals surface area contributed by atoms with E-state index in [2.05, 4.69) is 83.3 Å². The summed E-state index contributed by atoms with van der Waals surface area (Å²) < 4.78 is 0. The summed E-state index contributed by atoms with van der Waals surface area (Å²) in [4.78, 5) is 17.2. The standard InChI is InChI=1S/C23H31N3OS/c1-18(15-19-9-14-28-16-19)26-17-22(24-21(26)27)10-12-23(13-11-22,25(2)3)20-7-5-4-6-8-20/h4-9,14,16,18H,10-13,15,17H2,1-3H3,(H,24,27)/t18-,22-,23+/m0/s1. The zero-order valence-electron chi connectivity index (χ0n) is 17.1. The fourth-order valence-corrected chi connectivity index (χ4v) is 5.80. The third-order valence-electron chi connectivity index (χ3n) is 6.95. The Balaban J connectivity index is 1.47. The molecule has 4 nitrogen and oxygen atoms in total. The topological polar surface area (TPSA) is 35.6 Å². The van der Waals surface area contributed by atoms with Crippen LogP contribution in [0.25, 0.3) is 0 Å². The van der Waals surface area contributed by atoms with Gasteiger partial charge in [-0.05, 0) is 81.1 Å². The number of hydrogen-bond acceptors (Lipinski definition) is 3. The number of thiophene rings is 1. The third-order valence-corrected chi connectivity index (χ3v) is 7.68. The molecule has 4 rings (SSSR count). The molecule has 0 bridgehead atoms. The summed E-state index contributed by atoms with van der Waals surface area (Å²) in [7, 11) is 4.38. The second-order valence-electron chi connectivity index (χ2n) is 8.82. The minimum absolute atomic E-state index is 0.0625. The summed E-state index contributed by atoms with van der Waals surface area (Å²) in [5.74, 6) is 0. The molecule has 1 N–H and O–H groups in total. The Labute approximate surface area is 172 Å². The SMILES string of the molecule is C[C@@H](Cc1ccsc1)N1C[C@]2(CC[C@](c3ccccc3)(N(C)C)CC2)NC1=O. The number of hydrogen-bond donors (Lipinski definition) is 1. The van der Waals surface area contributed by atoms with Crippen molar-refractivity contribution in [3.05, 3.63) is 58.3 Å². The molecule has 2 aromatic rings. The number of nitrogens with one attached hydrogen (secondary N) is 1. The van der Waals surface area contributed by atoms with Gasteiger partial charge in [0.05, 0.1) is 5.54 Å². The lowest BCUT2D eigenvalue weighted by Crippen LogP contribution is -2.54. The van der Waals surface area contributed by atoms with Gasteiger partial charge in [0.25, 0.3) is 0 Å². The molecular weight excluding hydrogens is 366 g/mol. The maximum Gasteiger partial charge on any atom is 0.318 e. The fraction of sp³-hybridized carbons (Fsp3) is 0.522. The summed E-state index contributed by atoms with van der Waals surface area (Å²) >= 11 is 1.72. The van der Waals surface area contributed by atoms with Crippen molar-refractivity contribution in [2.75, 3.05) is 20.6 Å². The average molecular weight is 398 g/mol. The van der Waals surface area contributed by atoms with Gasteiger partial charge in [0.2, 0.25) is 0 Å². The van der Waals surface area contributed by atoms with Gasteiger partial charge in [0, 0.05) is 18.1 Å². The molecule has 2 aliphatic rings. The van der Waals surface area contributed by atoms with Crippen molar-refractivity contribution < 1.29 is 4.79 Å². The van der Waals surface area contributed by atoms with E-state index >= 15 is 0 Å². The number of urea groups is 1. The van der Waals surface area contributed by atoms with E-state index in [0.29, 0.717) is 0 Å². The first-order valence-corrected chi connectivity index (χ1v) is 11.2. The Morgan fingerprint density at radius 2 is 1.86 bits per heavy atom. The number of nitrogens with zero attached hydrogens (tertiary/aromatic N) is 2. The van der Waals surface area contributed by atoms with Crippen LogP contribution in [0.3, 0.4) is 0 Å². The maximum absolute atomic E-state index is 12.8. The molecule has 1 aliphatic carbocycles. The minimum atomic E-state index is -0.0751. The van der Waals surface area contributed by atoms with E-state index in [0.717, 1.165) is 38.6 Å². The molecular formula is C23H31N3OS. The van der Waals surface area contributed by atoms with Gasteiger partial charge in [-0.3, -0.25) is 4.90 Å². The summed E-state index contributed by atoms with van der Waals surface area (Å²) in [5, 5.41) is 7.68. The van der Waals surface area contributed by atoms with Gasteiger partial charge in [0.1, 0.15) is 0 Å². The quantitative estimate of drug-likeness (QED) is 0.808. The van der Waals surface area contributed by atoms with Gasteiger partial charge in [-0.25, -0.2) is 4.79 Å². The van der Waals surface area contributed by atoms with Gasteiger partial charge in [-0.1, -0.05) is 30.3 Å². The van der Waals surface area contributed by atoms with Crippen molar-refractivity contribution in [3.8, 4) is 0 Å². The second-order valence-corrected chi connectivity index (χ2v) is 9.60. The first-order chi connectivity index (χ1) is 13.4. The zero-order valence-corrected chi connectivity index (χ0v) is 18.0. The Morgan fingerprint density at radius 3 is 2.46 bits per heavy atom. The highest BCUT2D eigenvalue weighted by Gasteiger charge is 2.50. The first kappa shape index (κ1) is 19.5. The second kappa shape index (κ2) is 7.53. The van der Waals surface area contributed by atoms with E-state index in [1.807, 2.05) is 0 Å². The van der Waals surface area contributed by atoms with Crippen LogP contribution in [0, 0.1) is 0 Å². The van der Waals surface area contributed by atoms with Crippen molar-refractivity contribution in [3.63, 3.8) is 0 Å². The van der Waals surface area contributed by atoms with E-state index in [1.54, 1.807) is 11.3 Å². The minimum Gasteiger partial charge on any atom is -0.331 e. The largest absolute Gasteiger partial charge is 0.331 e. The monoisotopic (exact) mass is 397 g/mol. The lowest BCUT2D eigenvalue weighted by molar-refractivity contribution is 0.0607. The van der Waals surface area contributed by atoms with E-state index in [-0.39, 0.29) is 23.2 Å². The lowest BCUT2D eigenvalue weighted by atomic mass is 9.69. The van der Waals surface area contributed by atoms with E-state index in [1.165, 1.54) is 11.1 Å². The summed E-state index contributed by atoms with van der Waals surface area (Å²) in [6, 6.07) is 13.4. The number of benzene rings is 1. The molecule has 1 aliphatic heterocycles. The molecule has 1 aromatic heterocycles. The lowest BCUT2D eigenvalue weighted by Gasteiger charge is -2.48. The first-order valence-electron chi connectivity index (χ1n) is 10.3. The van der Waals surface area contributed by atoms with Gasteiger partial charge in [-0.15, -0.1) is 0 Å². The van der Waals surface area contributed by atoms with E-state index in [9.17, 15) is 4.79 Å². The predicted octanol–water partition coefficient (Wildman–Crippen LogP) is 4.47. The molecule has 1 saturated carbocycles. The Kier molecular flexibility index (Phi) is 5.23. The molecule has 0 unspecified atom stereocenters. The van der Waals surface area contributed by atoms with E-state index < -0.39 is 0 Å². The van der Waals surface area contributed by atoms with Crippen LogP contribution in [0.5, 0.6) is 0 Å². The van der Waals surface area contributed by atoms with Crippen LogP contribution >= 0.6 is 11.3 Å². The van der Waals surface area contributed by atoms with Crippen molar-refractivity contribution in [1.29, 1.82) is 0 Å². The Hall–Kier alpha value is -1.85. The fourth-order valence-electron chi connectivity index (χ4n) is 5.12. The van der Waals surface area contributed by atoms with E-state index in [4.69, 9.17) is 0 Å². The van der Waals surface area contributed by atoms with Gasteiger partial charge < -0.3 is 10.2 Å². The highest BCUT2D eigenvalue weighted by Crippen LogP contribution is 2.46. The average Bonchev–Trinajstić information content (AvgIpc) is 3.31. The third kappa shape index (κ3) is 3.46. The van der Waals surface area contributed by atoms with Crippen LogP contribution < -0.4 is 5.32 Å². The molecule has 1 spiro atoms. The predicted molar refractivity (Wildman–Crippen MR) is 116 cm³/mol. The van der Waals surface area contributed by atoms with Crippen LogP contribution in [0.1, 0.15) is 43.7 Å². The van der Waals surface area contributed by atoms with Crippen LogP contribution in [0.4, 0.5) is 4.79 Å². The summed E-state index contributed by atoms with van der Waals surface area (Å²) in [6.07, 6.45) is 5.10. The summed E-state index contributed by atoms with van der Waals surface area (Å²) in [6.45, 7) is 3.00. The van der Waals surface area contributed by atoms with Gasteiger partial charge in [-0.2, -0.15) is 11.3 Å². The molecule has 1 saturated heterocycles. The molecule has 5 heteroatoms. The number of amides is 2. The number of rotatable bonds is 5. The van der Waals surface area contributed by atoms with Crippen LogP contribution in [0.15, 0.2) is 47.2 Å². The maximum atomic E-state index is 12.8. The molecule has 2 amide bonds. The van der Waals surface area contributed by atoms with Crippen LogP contribution in [-0.4, -0.2) is 48.1 Å². The summed E-state index contributed by atoms with van der Waals surface area (Å²) in [5.41, 5.74) is 2.70. The number of carbonyl (C=O) groups excluding carboxylic acids is 1. The molecule has 2 fully saturated rings. The normalized spacial score (nSPS) is 28.7. The number of carbonyl (C=O) groups is 1. The molecule has 2 heterocycles. The molecule has 1 atom stereocenters. The molecule has 150 valence electrons. The molecule has 1 aromatic carbocycles. The zero-order chi connectivity index (χ0) is 19.8. The van der Waals surface area contributed by atoms with Gasteiger partial charge >= 0.3 is 6.03 Å². The van der Waals surface area contributed by atoms with Crippen LogP contribution in [-0.2, 0) is 12.0 Å². The van der Waals surface area contributed by atoms with Crippen LogP contribution in [0.2, 0.25) is 0 Å². The van der Waals surface area contributed by atoms with Crippen molar-refractivity contribution in [1.82, 2.24) is 15.1 Å². The Morgan fingerprint density at radius 1 is 1.14 bits per heavy atom. The smallest absolute Gasteiger partial charge is 0.318 e.